The van der Waals surface area contributed by atoms with E-state index in [0.29, 0.717) is 13.0 Å². The quantitative estimate of drug-likeness (QED) is 0.0993. The molecule has 0 saturated carbocycles. The lowest BCUT2D eigenvalue weighted by molar-refractivity contribution is -0.870. The van der Waals surface area contributed by atoms with Crippen LogP contribution in [-0.4, -0.2) is 50.7 Å². The largest absolute Gasteiger partial charge is 0.548 e. The number of carboxylic acids is 1. The molecule has 0 heterocycles. The Bertz CT molecular complexity index is 438. The summed E-state index contributed by atoms with van der Waals surface area (Å²) in [5, 5.41) is 10.0. The van der Waals surface area contributed by atoms with Gasteiger partial charge in [0, 0.05) is 6.04 Å². The van der Waals surface area contributed by atoms with Gasteiger partial charge in [0.05, 0.1) is 33.7 Å². The van der Waals surface area contributed by atoms with Gasteiger partial charge in [0.15, 0.2) is 0 Å². The molecule has 0 aliphatic carbocycles. The minimum absolute atomic E-state index is 0.458. The number of unbranched alkanes of at least 4 members (excludes halogenated alkanes) is 20. The second kappa shape index (κ2) is 28.9. The molecule has 0 aliphatic heterocycles. The van der Waals surface area contributed by atoms with Crippen molar-refractivity contribution in [3.8, 4) is 0 Å². The maximum Gasteiger partial charge on any atom is 0.0780 e. The number of aliphatic carboxylic acids is 1. The van der Waals surface area contributed by atoms with E-state index in [1.165, 1.54) is 135 Å². The van der Waals surface area contributed by atoms with E-state index in [9.17, 15) is 9.90 Å². The van der Waals surface area contributed by atoms with Crippen LogP contribution < -0.4 is 16.6 Å². The molecule has 1 atom stereocenters. The average Bonchev–Trinajstić information content (AvgIpc) is 2.82. The number of carbonyl (C=O) groups excluding carboxylic acids is 1. The molecule has 4 N–H and O–H groups in total. The van der Waals surface area contributed by atoms with Crippen molar-refractivity contribution in [1.82, 2.24) is 0 Å². The maximum atomic E-state index is 10.0. The molecule has 0 aromatic heterocycles. The first-order valence-corrected chi connectivity index (χ1v) is 15.7. The number of nitrogens with two attached hydrogens (primary N) is 2. The predicted molar refractivity (Wildman–Crippen MR) is 157 cm³/mol. The fraction of sp³-hybridized carbons (Fsp3) is 0.968. The summed E-state index contributed by atoms with van der Waals surface area (Å²) in [7, 11) is 6.90. The van der Waals surface area contributed by atoms with Crippen LogP contribution >= 0.6 is 0 Å². The fourth-order valence-corrected chi connectivity index (χ4v) is 4.47. The summed E-state index contributed by atoms with van der Waals surface area (Å²) in [6.45, 7) is 4.22. The van der Waals surface area contributed by atoms with Crippen LogP contribution in [-0.2, 0) is 4.79 Å². The highest BCUT2D eigenvalue weighted by atomic mass is 16.4. The van der Waals surface area contributed by atoms with Crippen molar-refractivity contribution in [1.29, 1.82) is 0 Å². The first-order valence-electron chi connectivity index (χ1n) is 15.7. The van der Waals surface area contributed by atoms with E-state index < -0.39 is 12.0 Å². The minimum Gasteiger partial charge on any atom is -0.548 e. The second-order valence-electron chi connectivity index (χ2n) is 11.9. The van der Waals surface area contributed by atoms with Crippen molar-refractivity contribution in [3.05, 3.63) is 0 Å². The van der Waals surface area contributed by atoms with E-state index in [0.717, 1.165) is 17.3 Å². The van der Waals surface area contributed by atoms with E-state index in [4.69, 9.17) is 11.5 Å². The Labute approximate surface area is 226 Å². The normalized spacial score (nSPS) is 12.3. The van der Waals surface area contributed by atoms with Gasteiger partial charge in [-0.3, -0.25) is 0 Å². The summed E-state index contributed by atoms with van der Waals surface area (Å²) in [4.78, 5) is 10.0. The predicted octanol–water partition coefficient (Wildman–Crippen LogP) is 6.71. The molecule has 0 saturated heterocycles. The molecule has 218 valence electrons. The zero-order chi connectivity index (χ0) is 27.3. The molecule has 0 bridgehead atoms. The van der Waals surface area contributed by atoms with Crippen molar-refractivity contribution in [2.75, 3.05) is 34.2 Å². The molecule has 0 aromatic carbocycles. The molecule has 0 amide bonds. The Hall–Kier alpha value is -0.650. The number of nitrogens with zero attached hydrogens (tertiary/aromatic N) is 1. The van der Waals surface area contributed by atoms with Crippen LogP contribution in [0, 0.1) is 0 Å². The third-order valence-electron chi connectivity index (χ3n) is 6.95. The highest BCUT2D eigenvalue weighted by Gasteiger charge is 2.05. The van der Waals surface area contributed by atoms with Gasteiger partial charge in [0.1, 0.15) is 0 Å². The van der Waals surface area contributed by atoms with E-state index in [2.05, 4.69) is 28.1 Å². The Morgan fingerprint density at radius 1 is 0.611 bits per heavy atom. The lowest BCUT2D eigenvalue weighted by Crippen LogP contribution is -2.41. The number of rotatable bonds is 26. The molecular formula is C31H67N3O2. The number of carbonyl (C=O) groups is 1. The average molecular weight is 514 g/mol. The van der Waals surface area contributed by atoms with Crippen LogP contribution in [0.3, 0.4) is 0 Å². The lowest BCUT2D eigenvalue weighted by atomic mass is 10.0. The van der Waals surface area contributed by atoms with E-state index in [1.54, 1.807) is 0 Å². The van der Waals surface area contributed by atoms with Gasteiger partial charge in [0.2, 0.25) is 0 Å². The molecule has 5 nitrogen and oxygen atoms in total. The smallest absolute Gasteiger partial charge is 0.0780 e. The summed E-state index contributed by atoms with van der Waals surface area (Å²) in [6, 6.07) is -0.827. The molecule has 0 rings (SSSR count). The summed E-state index contributed by atoms with van der Waals surface area (Å²) >= 11 is 0. The van der Waals surface area contributed by atoms with Crippen LogP contribution in [0.25, 0.3) is 0 Å². The Kier molecular flexibility index (Phi) is 30.1. The number of carboxylic acid groups (broad SMARTS) is 1. The molecule has 0 fully saturated rings. The van der Waals surface area contributed by atoms with Crippen molar-refractivity contribution >= 4 is 5.97 Å². The number of quaternary nitrogens is 1. The van der Waals surface area contributed by atoms with Gasteiger partial charge in [-0.05, 0) is 32.2 Å². The Morgan fingerprint density at radius 3 is 1.22 bits per heavy atom. The van der Waals surface area contributed by atoms with Gasteiger partial charge in [-0.15, -0.1) is 0 Å². The van der Waals surface area contributed by atoms with E-state index >= 15 is 0 Å². The number of hydrogen-bond acceptors (Lipinski definition) is 4. The topological polar surface area (TPSA) is 92.2 Å². The van der Waals surface area contributed by atoms with Gasteiger partial charge in [-0.1, -0.05) is 129 Å². The lowest BCUT2D eigenvalue weighted by Gasteiger charge is -2.23. The van der Waals surface area contributed by atoms with Crippen molar-refractivity contribution in [2.45, 2.75) is 161 Å². The van der Waals surface area contributed by atoms with E-state index in [-0.39, 0.29) is 0 Å². The zero-order valence-corrected chi connectivity index (χ0v) is 25.2. The third kappa shape index (κ3) is 35.5. The first-order chi connectivity index (χ1) is 17.2. The molecule has 0 radical (unpaired) electrons. The Morgan fingerprint density at radius 2 is 0.944 bits per heavy atom. The molecule has 5 heteroatoms. The van der Waals surface area contributed by atoms with Crippen LogP contribution in [0.5, 0.6) is 0 Å². The van der Waals surface area contributed by atoms with Gasteiger partial charge in [-0.2, -0.15) is 0 Å². The Balaban J connectivity index is 0. The highest BCUT2D eigenvalue weighted by Crippen LogP contribution is 2.15. The van der Waals surface area contributed by atoms with Crippen molar-refractivity contribution in [2.24, 2.45) is 11.5 Å². The fourth-order valence-electron chi connectivity index (χ4n) is 4.47. The minimum atomic E-state index is -1.18. The van der Waals surface area contributed by atoms with Crippen LogP contribution in [0.15, 0.2) is 0 Å². The summed E-state index contributed by atoms with van der Waals surface area (Å²) in [5.41, 5.74) is 10.3. The van der Waals surface area contributed by atoms with Gasteiger partial charge < -0.3 is 25.9 Å². The highest BCUT2D eigenvalue weighted by molar-refractivity contribution is 5.70. The maximum absolute atomic E-state index is 10.0. The van der Waals surface area contributed by atoms with Gasteiger partial charge >= 0.3 is 0 Å². The molecule has 0 unspecified atom stereocenters. The second-order valence-corrected chi connectivity index (χ2v) is 11.9. The molecule has 0 spiro atoms. The first kappa shape index (κ1) is 37.5. The summed E-state index contributed by atoms with van der Waals surface area (Å²) in [5.74, 6) is -1.18. The van der Waals surface area contributed by atoms with Crippen molar-refractivity contribution in [3.63, 3.8) is 0 Å². The monoisotopic (exact) mass is 514 g/mol. The standard InChI is InChI=1S/C25H54N.C6H14N2O2/c1-5-6-7-8-9-10-11-12-13-14-15-16-17-18-19-20-21-22-23-24-25-26(2,3)4;7-4-2-1-3-5(8)6(9)10/h5-25H2,1-4H3;5H,1-4,7-8H2,(H,9,10)/q+1;/p-1/t;5-/m.0/s1. The van der Waals surface area contributed by atoms with Crippen LogP contribution in [0.1, 0.15) is 155 Å². The molecule has 0 aliphatic rings. The zero-order valence-electron chi connectivity index (χ0n) is 25.2. The summed E-state index contributed by atoms with van der Waals surface area (Å²) < 4.78 is 1.12. The van der Waals surface area contributed by atoms with E-state index in [1.807, 2.05) is 0 Å². The summed E-state index contributed by atoms with van der Waals surface area (Å²) in [6.07, 6.45) is 31.4. The van der Waals surface area contributed by atoms with Gasteiger partial charge in [0.25, 0.3) is 0 Å². The molecule has 0 aromatic rings. The SMILES string of the molecule is CCCCCCCCCCCCCCCCCCCCCC[N+](C)(C)C.NCCCC[C@H](N)C(=O)[O-]. The van der Waals surface area contributed by atoms with Crippen LogP contribution in [0.2, 0.25) is 0 Å². The number of hydrogen-bond donors (Lipinski definition) is 2. The molecule has 36 heavy (non-hydrogen) atoms. The van der Waals surface area contributed by atoms with Gasteiger partial charge in [-0.25, -0.2) is 0 Å². The van der Waals surface area contributed by atoms with Crippen LogP contribution in [0.4, 0.5) is 0 Å². The van der Waals surface area contributed by atoms with Crippen molar-refractivity contribution < 1.29 is 14.4 Å². The third-order valence-corrected chi connectivity index (χ3v) is 6.95. The molecular weight excluding hydrogens is 446 g/mol.